The van der Waals surface area contributed by atoms with E-state index in [1.807, 2.05) is 13.8 Å². The quantitative estimate of drug-likeness (QED) is 0.765. The van der Waals surface area contributed by atoms with Crippen LogP contribution in [0.25, 0.3) is 6.08 Å². The van der Waals surface area contributed by atoms with Crippen LogP contribution >= 0.6 is 15.9 Å². The van der Waals surface area contributed by atoms with Gasteiger partial charge in [-0.1, -0.05) is 29.8 Å². The summed E-state index contributed by atoms with van der Waals surface area (Å²) in [5.74, 6) is -0.421. The second kappa shape index (κ2) is 7.71. The third-order valence-corrected chi connectivity index (χ3v) is 3.36. The number of halogens is 2. The molecule has 5 heteroatoms. The van der Waals surface area contributed by atoms with Crippen molar-refractivity contribution in [3.05, 3.63) is 40.1 Å². The summed E-state index contributed by atoms with van der Waals surface area (Å²) in [5, 5.41) is 12.7. The van der Waals surface area contributed by atoms with E-state index in [1.54, 1.807) is 19.1 Å². The lowest BCUT2D eigenvalue weighted by Crippen LogP contribution is -2.40. The molecule has 0 aromatic heterocycles. The van der Waals surface area contributed by atoms with Crippen molar-refractivity contribution in [2.45, 2.75) is 32.8 Å². The van der Waals surface area contributed by atoms with E-state index in [-0.39, 0.29) is 12.5 Å². The highest BCUT2D eigenvalue weighted by Gasteiger charge is 2.21. The highest BCUT2D eigenvalue weighted by atomic mass is 79.9. The highest BCUT2D eigenvalue weighted by molar-refractivity contribution is 9.10. The van der Waals surface area contributed by atoms with Crippen molar-refractivity contribution >= 4 is 27.9 Å². The minimum absolute atomic E-state index is 0.162. The third-order valence-electron chi connectivity index (χ3n) is 2.86. The number of hydrogen-bond donors (Lipinski definition) is 2. The molecule has 1 aromatic carbocycles. The van der Waals surface area contributed by atoms with Gasteiger partial charge in [0.15, 0.2) is 0 Å². The number of carbonyl (C=O) groups excluding carboxylic acids is 1. The van der Waals surface area contributed by atoms with Crippen LogP contribution in [-0.2, 0) is 4.79 Å². The monoisotopic (exact) mass is 357 g/mol. The van der Waals surface area contributed by atoms with Gasteiger partial charge in [0.25, 0.3) is 0 Å². The summed E-state index contributed by atoms with van der Waals surface area (Å²) in [5.41, 5.74) is -0.618. The lowest BCUT2D eigenvalue weighted by molar-refractivity contribution is -0.117. The van der Waals surface area contributed by atoms with Crippen molar-refractivity contribution in [1.29, 1.82) is 0 Å². The Balaban J connectivity index is 2.57. The smallest absolute Gasteiger partial charge is 0.244 e. The maximum absolute atomic E-state index is 13.5. The summed E-state index contributed by atoms with van der Waals surface area (Å²) in [7, 11) is 0. The van der Waals surface area contributed by atoms with Gasteiger partial charge in [-0.15, -0.1) is 0 Å². The van der Waals surface area contributed by atoms with Crippen LogP contribution < -0.4 is 5.32 Å². The Bertz CT molecular complexity index is 527. The number of hydrogen-bond acceptors (Lipinski definition) is 2. The normalized spacial score (nSPS) is 14.4. The molecule has 0 aliphatic rings. The number of amides is 1. The predicted molar refractivity (Wildman–Crippen MR) is 86.2 cm³/mol. The Morgan fingerprint density at radius 3 is 2.81 bits per heavy atom. The van der Waals surface area contributed by atoms with Crippen LogP contribution in [-0.4, -0.2) is 23.2 Å². The van der Waals surface area contributed by atoms with Crippen molar-refractivity contribution in [1.82, 2.24) is 5.32 Å². The highest BCUT2D eigenvalue weighted by Crippen LogP contribution is 2.17. The third kappa shape index (κ3) is 6.87. The number of carbonyl (C=O) groups is 1. The molecular weight excluding hydrogens is 337 g/mol. The van der Waals surface area contributed by atoms with E-state index in [9.17, 15) is 14.3 Å². The first-order valence-electron chi connectivity index (χ1n) is 6.83. The summed E-state index contributed by atoms with van der Waals surface area (Å²) in [6.07, 6.45) is 3.26. The molecule has 21 heavy (non-hydrogen) atoms. The fourth-order valence-corrected chi connectivity index (χ4v) is 2.47. The molecule has 1 atom stereocenters. The summed E-state index contributed by atoms with van der Waals surface area (Å²) >= 11 is 3.25. The number of rotatable bonds is 6. The zero-order valence-electron chi connectivity index (χ0n) is 12.5. The van der Waals surface area contributed by atoms with Crippen molar-refractivity contribution < 1.29 is 14.3 Å². The van der Waals surface area contributed by atoms with E-state index in [1.165, 1.54) is 18.2 Å². The van der Waals surface area contributed by atoms with Gasteiger partial charge in [-0.25, -0.2) is 4.39 Å². The molecule has 2 N–H and O–H groups in total. The van der Waals surface area contributed by atoms with Crippen LogP contribution in [0, 0.1) is 11.7 Å². The fraction of sp³-hybridized carbons (Fsp3) is 0.438. The van der Waals surface area contributed by atoms with E-state index in [0.717, 1.165) is 4.47 Å². The lowest BCUT2D eigenvalue weighted by atomic mass is 9.94. The Kier molecular flexibility index (Phi) is 6.55. The molecule has 1 unspecified atom stereocenters. The van der Waals surface area contributed by atoms with Crippen molar-refractivity contribution in [3.63, 3.8) is 0 Å². The molecule has 1 amide bonds. The van der Waals surface area contributed by atoms with Crippen LogP contribution in [0.2, 0.25) is 0 Å². The van der Waals surface area contributed by atoms with Crippen molar-refractivity contribution in [2.75, 3.05) is 6.54 Å². The van der Waals surface area contributed by atoms with E-state index in [4.69, 9.17) is 0 Å². The Labute approximate surface area is 133 Å². The zero-order valence-corrected chi connectivity index (χ0v) is 14.1. The molecule has 0 spiro atoms. The average Bonchev–Trinajstić information content (AvgIpc) is 2.36. The minimum Gasteiger partial charge on any atom is -0.388 e. The summed E-state index contributed by atoms with van der Waals surface area (Å²) in [6.45, 7) is 5.86. The largest absolute Gasteiger partial charge is 0.388 e. The summed E-state index contributed by atoms with van der Waals surface area (Å²) < 4.78 is 14.2. The van der Waals surface area contributed by atoms with Gasteiger partial charge in [0.2, 0.25) is 5.91 Å². The Morgan fingerprint density at radius 1 is 1.52 bits per heavy atom. The van der Waals surface area contributed by atoms with Crippen LogP contribution in [0.15, 0.2) is 28.7 Å². The van der Waals surface area contributed by atoms with Gasteiger partial charge in [0, 0.05) is 22.7 Å². The van der Waals surface area contributed by atoms with Crippen molar-refractivity contribution in [2.24, 2.45) is 5.92 Å². The minimum atomic E-state index is -0.946. The van der Waals surface area contributed by atoms with E-state index in [0.29, 0.717) is 17.9 Å². The van der Waals surface area contributed by atoms with Crippen LogP contribution in [0.5, 0.6) is 0 Å². The standard InChI is InChI=1S/C16H21BrFNO2/c1-11(2)9-16(3,21)10-19-15(20)7-4-12-8-13(17)5-6-14(12)18/h4-8,11,21H,9-10H2,1-3H3,(H,19,20). The molecule has 0 bridgehead atoms. The van der Waals surface area contributed by atoms with Gasteiger partial charge >= 0.3 is 0 Å². The van der Waals surface area contributed by atoms with E-state index >= 15 is 0 Å². The van der Waals surface area contributed by atoms with Gasteiger partial charge in [0.05, 0.1) is 5.60 Å². The molecule has 0 saturated heterocycles. The van der Waals surface area contributed by atoms with E-state index in [2.05, 4.69) is 21.2 Å². The second-order valence-corrected chi connectivity index (χ2v) is 6.73. The molecule has 0 fully saturated rings. The van der Waals surface area contributed by atoms with Crippen LogP contribution in [0.3, 0.4) is 0 Å². The molecule has 0 aliphatic heterocycles. The molecule has 0 heterocycles. The Morgan fingerprint density at radius 2 is 2.19 bits per heavy atom. The Hall–Kier alpha value is -1.20. The van der Waals surface area contributed by atoms with Gasteiger partial charge in [-0.3, -0.25) is 4.79 Å². The van der Waals surface area contributed by atoms with Gasteiger partial charge in [-0.05, 0) is 43.5 Å². The van der Waals surface area contributed by atoms with Gasteiger partial charge < -0.3 is 10.4 Å². The molecule has 0 saturated carbocycles. The molecule has 1 rings (SSSR count). The molecule has 116 valence electrons. The predicted octanol–water partition coefficient (Wildman–Crippen LogP) is 3.51. The van der Waals surface area contributed by atoms with Gasteiger partial charge in [-0.2, -0.15) is 0 Å². The summed E-state index contributed by atoms with van der Waals surface area (Å²) in [6, 6.07) is 4.51. The first kappa shape index (κ1) is 17.9. The molecule has 0 radical (unpaired) electrons. The zero-order chi connectivity index (χ0) is 16.0. The SMILES string of the molecule is CC(C)CC(C)(O)CNC(=O)C=Cc1cc(Br)ccc1F. The lowest BCUT2D eigenvalue weighted by Gasteiger charge is -2.25. The molecule has 3 nitrogen and oxygen atoms in total. The summed E-state index contributed by atoms with van der Waals surface area (Å²) in [4.78, 5) is 11.7. The molecule has 1 aromatic rings. The average molecular weight is 358 g/mol. The number of benzene rings is 1. The first-order chi connectivity index (χ1) is 9.69. The maximum Gasteiger partial charge on any atom is 0.244 e. The fourth-order valence-electron chi connectivity index (χ4n) is 2.10. The first-order valence-corrected chi connectivity index (χ1v) is 7.62. The number of nitrogens with one attached hydrogen (secondary N) is 1. The van der Waals surface area contributed by atoms with E-state index < -0.39 is 11.4 Å². The number of aliphatic hydroxyl groups is 1. The van der Waals surface area contributed by atoms with Crippen molar-refractivity contribution in [3.8, 4) is 0 Å². The van der Waals surface area contributed by atoms with Gasteiger partial charge in [0.1, 0.15) is 5.82 Å². The molecule has 0 aliphatic carbocycles. The van der Waals surface area contributed by atoms with Crippen LogP contribution in [0.4, 0.5) is 4.39 Å². The van der Waals surface area contributed by atoms with Crippen LogP contribution in [0.1, 0.15) is 32.8 Å². The maximum atomic E-state index is 13.5. The topological polar surface area (TPSA) is 49.3 Å². The molecular formula is C16H21BrFNO2. The second-order valence-electron chi connectivity index (χ2n) is 5.81.